The maximum absolute atomic E-state index is 12.6. The molecule has 0 N–H and O–H groups in total. The van der Waals surface area contributed by atoms with Crippen LogP contribution in [0.5, 0.6) is 0 Å². The summed E-state index contributed by atoms with van der Waals surface area (Å²) in [4.78, 5) is 12.6. The van der Waals surface area contributed by atoms with Crippen molar-refractivity contribution in [2.24, 2.45) is 0 Å². The minimum absolute atomic E-state index is 0.317. The van der Waals surface area contributed by atoms with E-state index in [2.05, 4.69) is 18.7 Å². The van der Waals surface area contributed by atoms with Gasteiger partial charge in [0.25, 0.3) is 0 Å². The normalized spacial score (nSPS) is 12.3. The predicted molar refractivity (Wildman–Crippen MR) is 95.7 cm³/mol. The summed E-state index contributed by atoms with van der Waals surface area (Å²) in [7, 11) is 0. The van der Waals surface area contributed by atoms with Gasteiger partial charge >= 0.3 is 5.97 Å². The molecule has 0 unspecified atom stereocenters. The van der Waals surface area contributed by atoms with E-state index in [0.717, 1.165) is 27.8 Å². The number of carbonyl (C=O) groups is 1. The summed E-state index contributed by atoms with van der Waals surface area (Å²) in [6.07, 6.45) is 1.39. The van der Waals surface area contributed by atoms with Crippen LogP contribution < -0.4 is 0 Å². The third-order valence-corrected chi connectivity index (χ3v) is 4.38. The standard InChI is InChI=1S/C22H16O2/c1-2-15-11-13-16(14-12-15)22(23)24-21-19-9-5-3-7-17(19)18-8-4-6-10-20(18)21/h2-14,21H,1H2. The van der Waals surface area contributed by atoms with Crippen molar-refractivity contribution in [3.05, 3.63) is 102 Å². The van der Waals surface area contributed by atoms with E-state index < -0.39 is 0 Å². The van der Waals surface area contributed by atoms with Gasteiger partial charge in [0.15, 0.2) is 6.10 Å². The highest BCUT2D eigenvalue weighted by molar-refractivity contribution is 5.91. The monoisotopic (exact) mass is 312 g/mol. The molecule has 1 aliphatic carbocycles. The molecular formula is C22H16O2. The molecule has 0 amide bonds. The smallest absolute Gasteiger partial charge is 0.339 e. The van der Waals surface area contributed by atoms with Gasteiger partial charge in [-0.2, -0.15) is 0 Å². The minimum Gasteiger partial charge on any atom is -0.449 e. The lowest BCUT2D eigenvalue weighted by atomic mass is 10.1. The van der Waals surface area contributed by atoms with Crippen molar-refractivity contribution >= 4 is 12.0 Å². The topological polar surface area (TPSA) is 26.3 Å². The number of ether oxygens (including phenoxy) is 1. The predicted octanol–water partition coefficient (Wildman–Crippen LogP) is 5.26. The fourth-order valence-corrected chi connectivity index (χ4v) is 3.17. The largest absolute Gasteiger partial charge is 0.449 e. The summed E-state index contributed by atoms with van der Waals surface area (Å²) in [5.74, 6) is -0.317. The van der Waals surface area contributed by atoms with Gasteiger partial charge in [-0.1, -0.05) is 73.3 Å². The van der Waals surface area contributed by atoms with E-state index in [0.29, 0.717) is 5.56 Å². The van der Waals surface area contributed by atoms with Crippen LogP contribution in [0.15, 0.2) is 79.4 Å². The Morgan fingerprint density at radius 1 is 0.833 bits per heavy atom. The number of hydrogen-bond donors (Lipinski definition) is 0. The Hall–Kier alpha value is -3.13. The Kier molecular flexibility index (Phi) is 3.51. The Labute approximate surface area is 141 Å². The summed E-state index contributed by atoms with van der Waals surface area (Å²) in [5, 5.41) is 0. The van der Waals surface area contributed by atoms with E-state index in [1.165, 1.54) is 0 Å². The first kappa shape index (κ1) is 14.5. The molecule has 0 aliphatic heterocycles. The molecule has 0 saturated heterocycles. The number of benzene rings is 3. The second-order valence-corrected chi connectivity index (χ2v) is 5.79. The van der Waals surface area contributed by atoms with Gasteiger partial charge in [0, 0.05) is 11.1 Å². The molecule has 2 nitrogen and oxygen atoms in total. The number of esters is 1. The first-order valence-corrected chi connectivity index (χ1v) is 7.89. The molecule has 0 saturated carbocycles. The van der Waals surface area contributed by atoms with Crippen LogP contribution in [0.2, 0.25) is 0 Å². The zero-order valence-electron chi connectivity index (χ0n) is 13.1. The van der Waals surface area contributed by atoms with Gasteiger partial charge in [-0.25, -0.2) is 4.79 Å². The van der Waals surface area contributed by atoms with Crippen LogP contribution in [0.3, 0.4) is 0 Å². The highest BCUT2D eigenvalue weighted by Crippen LogP contribution is 2.45. The molecule has 24 heavy (non-hydrogen) atoms. The number of fused-ring (bicyclic) bond motifs is 3. The Bertz CT molecular complexity index is 877. The van der Waals surface area contributed by atoms with E-state index in [1.54, 1.807) is 18.2 Å². The lowest BCUT2D eigenvalue weighted by Crippen LogP contribution is -2.11. The van der Waals surface area contributed by atoms with Crippen molar-refractivity contribution in [3.8, 4) is 11.1 Å². The molecule has 2 heteroatoms. The summed E-state index contributed by atoms with van der Waals surface area (Å²) in [6, 6.07) is 23.4. The third-order valence-electron chi connectivity index (χ3n) is 4.38. The lowest BCUT2D eigenvalue weighted by molar-refractivity contribution is 0.0386. The van der Waals surface area contributed by atoms with Crippen LogP contribution in [-0.4, -0.2) is 5.97 Å². The molecule has 0 fully saturated rings. The van der Waals surface area contributed by atoms with Crippen LogP contribution in [0.4, 0.5) is 0 Å². The van der Waals surface area contributed by atoms with Crippen molar-refractivity contribution in [2.45, 2.75) is 6.10 Å². The van der Waals surface area contributed by atoms with Crippen molar-refractivity contribution in [1.82, 2.24) is 0 Å². The Morgan fingerprint density at radius 3 is 1.92 bits per heavy atom. The summed E-state index contributed by atoms with van der Waals surface area (Å²) in [5.41, 5.74) is 5.86. The molecule has 4 rings (SSSR count). The average Bonchev–Trinajstić information content (AvgIpc) is 2.96. The molecule has 3 aromatic carbocycles. The second kappa shape index (κ2) is 5.82. The summed E-state index contributed by atoms with van der Waals surface area (Å²) < 4.78 is 5.86. The first-order chi connectivity index (χ1) is 11.8. The van der Waals surface area contributed by atoms with E-state index >= 15 is 0 Å². The second-order valence-electron chi connectivity index (χ2n) is 5.79. The molecule has 116 valence electrons. The number of hydrogen-bond acceptors (Lipinski definition) is 2. The van der Waals surface area contributed by atoms with Crippen molar-refractivity contribution in [3.63, 3.8) is 0 Å². The summed E-state index contributed by atoms with van der Waals surface area (Å²) >= 11 is 0. The maximum Gasteiger partial charge on any atom is 0.339 e. The first-order valence-electron chi connectivity index (χ1n) is 7.89. The number of rotatable bonds is 3. The van der Waals surface area contributed by atoms with Crippen LogP contribution in [0.1, 0.15) is 33.2 Å². The molecule has 0 radical (unpaired) electrons. The highest BCUT2D eigenvalue weighted by Gasteiger charge is 2.31. The SMILES string of the molecule is C=Cc1ccc(C(=O)OC2c3ccccc3-c3ccccc32)cc1. The van der Waals surface area contributed by atoms with E-state index in [9.17, 15) is 4.79 Å². The van der Waals surface area contributed by atoms with Crippen molar-refractivity contribution in [1.29, 1.82) is 0 Å². The van der Waals surface area contributed by atoms with Crippen LogP contribution >= 0.6 is 0 Å². The molecule has 0 heterocycles. The fourth-order valence-electron chi connectivity index (χ4n) is 3.17. The zero-order chi connectivity index (χ0) is 16.5. The lowest BCUT2D eigenvalue weighted by Gasteiger charge is -2.15. The number of carbonyl (C=O) groups excluding carboxylic acids is 1. The van der Waals surface area contributed by atoms with Crippen molar-refractivity contribution in [2.75, 3.05) is 0 Å². The van der Waals surface area contributed by atoms with Crippen LogP contribution in [0, 0.1) is 0 Å². The minimum atomic E-state index is -0.357. The average molecular weight is 312 g/mol. The van der Waals surface area contributed by atoms with E-state index in [1.807, 2.05) is 48.5 Å². The molecule has 0 spiro atoms. The molecular weight excluding hydrogens is 296 g/mol. The summed E-state index contributed by atoms with van der Waals surface area (Å²) in [6.45, 7) is 3.72. The van der Waals surface area contributed by atoms with Gasteiger partial charge in [0.1, 0.15) is 0 Å². The fraction of sp³-hybridized carbons (Fsp3) is 0.0455. The molecule has 0 atom stereocenters. The van der Waals surface area contributed by atoms with E-state index in [4.69, 9.17) is 4.74 Å². The van der Waals surface area contributed by atoms with Gasteiger partial charge in [-0.15, -0.1) is 0 Å². The maximum atomic E-state index is 12.6. The van der Waals surface area contributed by atoms with Gasteiger partial charge in [-0.3, -0.25) is 0 Å². The Morgan fingerprint density at radius 2 is 1.38 bits per heavy atom. The third kappa shape index (κ3) is 2.33. The van der Waals surface area contributed by atoms with Gasteiger partial charge < -0.3 is 4.74 Å². The Balaban J connectivity index is 1.69. The van der Waals surface area contributed by atoms with Gasteiger partial charge in [0.05, 0.1) is 5.56 Å². The molecule has 0 bridgehead atoms. The van der Waals surface area contributed by atoms with Gasteiger partial charge in [-0.05, 0) is 28.8 Å². The molecule has 3 aromatic rings. The quantitative estimate of drug-likeness (QED) is 0.617. The van der Waals surface area contributed by atoms with Crippen LogP contribution in [-0.2, 0) is 4.74 Å². The highest BCUT2D eigenvalue weighted by atomic mass is 16.5. The van der Waals surface area contributed by atoms with Crippen molar-refractivity contribution < 1.29 is 9.53 Å². The van der Waals surface area contributed by atoms with Gasteiger partial charge in [0.2, 0.25) is 0 Å². The molecule has 1 aliphatic rings. The van der Waals surface area contributed by atoms with Crippen LogP contribution in [0.25, 0.3) is 17.2 Å². The zero-order valence-corrected chi connectivity index (χ0v) is 13.1. The van der Waals surface area contributed by atoms with E-state index in [-0.39, 0.29) is 12.1 Å². The molecule has 0 aromatic heterocycles.